The maximum Gasteiger partial charge on any atom is 0.409 e. The third kappa shape index (κ3) is 8.46. The van der Waals surface area contributed by atoms with Gasteiger partial charge in [-0.25, -0.2) is 13.6 Å². The van der Waals surface area contributed by atoms with Crippen LogP contribution < -0.4 is 25.6 Å². The Hall–Kier alpha value is -8.09. The van der Waals surface area contributed by atoms with E-state index in [0.717, 1.165) is 23.3 Å². The molecule has 0 saturated carbocycles. The molecule has 11 rings (SSSR count). The summed E-state index contributed by atoms with van der Waals surface area (Å²) in [4.78, 5) is 98.0. The quantitative estimate of drug-likeness (QED) is 0.0749. The fourth-order valence-corrected chi connectivity index (χ4v) is 11.7. The number of imide groups is 2. The second-order valence-electron chi connectivity index (χ2n) is 19.9. The van der Waals surface area contributed by atoms with Crippen LogP contribution in [0.4, 0.5) is 25.1 Å². The number of rotatable bonds is 12. The second-order valence-corrected chi connectivity index (χ2v) is 19.9. The van der Waals surface area contributed by atoms with Crippen LogP contribution in [-0.2, 0) is 19.1 Å². The molecule has 6 aliphatic rings. The molecule has 380 valence electrons. The number of pyridine rings is 1. The molecule has 5 unspecified atom stereocenters. The topological polar surface area (TPSA) is 229 Å². The van der Waals surface area contributed by atoms with Gasteiger partial charge in [0.15, 0.2) is 5.82 Å². The van der Waals surface area contributed by atoms with Crippen molar-refractivity contribution in [1.82, 2.24) is 40.3 Å². The highest BCUT2D eigenvalue weighted by Crippen LogP contribution is 2.45. The van der Waals surface area contributed by atoms with E-state index in [1.165, 1.54) is 60.6 Å². The van der Waals surface area contributed by atoms with Crippen LogP contribution in [0.1, 0.15) is 77.6 Å². The fourth-order valence-electron chi connectivity index (χ4n) is 11.7. The number of carbonyl (C=O) groups excluding carboxylic acids is 6. The Balaban J connectivity index is 0.768. The number of halogens is 2. The number of terminal acetylenes is 1. The number of hydrogen-bond donors (Lipinski definition) is 4. The normalized spacial score (nSPS) is 23.3. The molecule has 19 nitrogen and oxygen atoms in total. The summed E-state index contributed by atoms with van der Waals surface area (Å²) in [6, 6.07) is 8.73. The van der Waals surface area contributed by atoms with Crippen molar-refractivity contribution in [3.63, 3.8) is 0 Å². The number of amides is 6. The zero-order valence-electron chi connectivity index (χ0n) is 40.2. The lowest BCUT2D eigenvalue weighted by Crippen LogP contribution is -2.54. The van der Waals surface area contributed by atoms with Crippen LogP contribution in [0.15, 0.2) is 60.8 Å². The number of nitrogens with zero attached hydrogens (tertiary/aromatic N) is 7. The number of ether oxygens (including phenoxy) is 2. The molecule has 5 atom stereocenters. The molecule has 6 amide bonds. The highest BCUT2D eigenvalue weighted by Gasteiger charge is 2.52. The number of aromatic hydroxyl groups is 1. The number of hydrogen-bond acceptors (Lipinski definition) is 15. The lowest BCUT2D eigenvalue weighted by atomic mass is 9.94. The van der Waals surface area contributed by atoms with Gasteiger partial charge < -0.3 is 35.0 Å². The van der Waals surface area contributed by atoms with Gasteiger partial charge in [-0.3, -0.25) is 44.1 Å². The molecule has 5 fully saturated rings. The maximum absolute atomic E-state index is 17.2. The Morgan fingerprint density at radius 3 is 2.61 bits per heavy atom. The van der Waals surface area contributed by atoms with Gasteiger partial charge in [0, 0.05) is 81.3 Å². The number of piperidine rings is 1. The molecule has 74 heavy (non-hydrogen) atoms. The van der Waals surface area contributed by atoms with E-state index in [-0.39, 0.29) is 113 Å². The number of fused-ring (bicyclic) bond motifs is 6. The maximum atomic E-state index is 17.2. The van der Waals surface area contributed by atoms with Gasteiger partial charge in [0.1, 0.15) is 47.9 Å². The molecule has 5 saturated heterocycles. The predicted octanol–water partition coefficient (Wildman–Crippen LogP) is 4.79. The highest BCUT2D eigenvalue weighted by molar-refractivity contribution is 6.26. The van der Waals surface area contributed by atoms with Gasteiger partial charge in [-0.2, -0.15) is 9.97 Å². The van der Waals surface area contributed by atoms with Gasteiger partial charge in [-0.1, -0.05) is 30.2 Å². The number of phenolic OH excluding ortho intramolecular Hbond substituents is 1. The fraction of sp³-hybridized carbons (Fsp3) is 0.377. The molecule has 21 heteroatoms. The molecule has 3 aromatic carbocycles. The van der Waals surface area contributed by atoms with Crippen LogP contribution in [-0.4, -0.2) is 147 Å². The standard InChI is InChI=1S/C53H50F2N10O9/c1-4-33-37(54)11-8-28-18-32(66)19-35(42(28)33)45-44(55)46-36(21-56-45)47(63-23-29-9-10-30(24-63)57-29)61-51(60-46)74-26-53-16-14-31(64(53)22-27(2)20-53)25-73-52(72)62(3)17-15-41(68)58-38-7-5-6-34-43(38)50(71)65(49(34)70)39-12-13-40(67)59-48(39)69/h1,5-8,11,18-19,21,29-31,39,57,66H,2,9-10,12-17,20,22-26H2,3H3,(H,58,68)(H,59,67,69). The molecule has 2 bridgehead atoms. The Bertz CT molecular complexity index is 3320. The van der Waals surface area contributed by atoms with Crippen molar-refractivity contribution < 1.29 is 52.1 Å². The number of phenols is 1. The summed E-state index contributed by atoms with van der Waals surface area (Å²) >= 11 is 0. The van der Waals surface area contributed by atoms with Crippen LogP contribution in [0.2, 0.25) is 0 Å². The number of aromatic nitrogens is 3. The lowest BCUT2D eigenvalue weighted by Gasteiger charge is -2.35. The lowest BCUT2D eigenvalue weighted by molar-refractivity contribution is -0.136. The summed E-state index contributed by atoms with van der Waals surface area (Å²) < 4.78 is 44.6. The van der Waals surface area contributed by atoms with Gasteiger partial charge in [0.25, 0.3) is 11.8 Å². The van der Waals surface area contributed by atoms with E-state index in [9.17, 15) is 33.9 Å². The first-order valence-corrected chi connectivity index (χ1v) is 24.5. The minimum absolute atomic E-state index is 0.0134. The van der Waals surface area contributed by atoms with E-state index in [1.54, 1.807) is 0 Å². The summed E-state index contributed by atoms with van der Waals surface area (Å²) in [7, 11) is 1.49. The number of benzene rings is 3. The minimum Gasteiger partial charge on any atom is -0.508 e. The van der Waals surface area contributed by atoms with Gasteiger partial charge >= 0.3 is 12.1 Å². The Morgan fingerprint density at radius 1 is 1.04 bits per heavy atom. The summed E-state index contributed by atoms with van der Waals surface area (Å²) in [5, 5.41) is 20.1. The number of nitrogens with one attached hydrogen (secondary N) is 3. The largest absolute Gasteiger partial charge is 0.508 e. The zero-order valence-corrected chi connectivity index (χ0v) is 40.2. The summed E-state index contributed by atoms with van der Waals surface area (Å²) in [5.41, 5.74) is 0.116. The van der Waals surface area contributed by atoms with Crippen LogP contribution in [0.5, 0.6) is 11.8 Å². The zero-order chi connectivity index (χ0) is 51.7. The van der Waals surface area contributed by atoms with Crippen molar-refractivity contribution in [3.8, 4) is 35.4 Å². The van der Waals surface area contributed by atoms with E-state index in [1.807, 2.05) is 0 Å². The van der Waals surface area contributed by atoms with Crippen molar-refractivity contribution in [3.05, 3.63) is 89.1 Å². The summed E-state index contributed by atoms with van der Waals surface area (Å²) in [6.07, 6.45) is 10.2. The van der Waals surface area contributed by atoms with E-state index in [0.29, 0.717) is 55.5 Å². The molecular weight excluding hydrogens is 959 g/mol. The number of piperazine rings is 1. The predicted molar refractivity (Wildman–Crippen MR) is 264 cm³/mol. The molecule has 6 aliphatic heterocycles. The Morgan fingerprint density at radius 2 is 1.84 bits per heavy atom. The van der Waals surface area contributed by atoms with Gasteiger partial charge in [0.05, 0.1) is 33.3 Å². The minimum atomic E-state index is -1.17. The van der Waals surface area contributed by atoms with E-state index < -0.39 is 58.8 Å². The molecule has 0 aliphatic carbocycles. The van der Waals surface area contributed by atoms with Gasteiger partial charge in [-0.05, 0) is 74.2 Å². The Labute approximate surface area is 422 Å². The van der Waals surface area contributed by atoms with Crippen LogP contribution in [0.25, 0.3) is 32.9 Å². The highest BCUT2D eigenvalue weighted by atomic mass is 19.1. The summed E-state index contributed by atoms with van der Waals surface area (Å²) in [6.45, 7) is 6.11. The van der Waals surface area contributed by atoms with E-state index in [4.69, 9.17) is 20.9 Å². The molecule has 0 spiro atoms. The van der Waals surface area contributed by atoms with Gasteiger partial charge in [0.2, 0.25) is 17.7 Å². The molecule has 0 radical (unpaired) electrons. The Kier molecular flexibility index (Phi) is 12.2. The van der Waals surface area contributed by atoms with Crippen molar-refractivity contribution >= 4 is 68.8 Å². The van der Waals surface area contributed by atoms with Crippen molar-refractivity contribution in [2.24, 2.45) is 0 Å². The average Bonchev–Trinajstić information content (AvgIpc) is 4.08. The van der Waals surface area contributed by atoms with Crippen molar-refractivity contribution in [2.45, 2.75) is 81.1 Å². The van der Waals surface area contributed by atoms with Crippen molar-refractivity contribution in [1.29, 1.82) is 0 Å². The molecule has 8 heterocycles. The molecule has 4 N–H and O–H groups in total. The molecule has 2 aromatic heterocycles. The van der Waals surface area contributed by atoms with Crippen LogP contribution >= 0.6 is 0 Å². The number of anilines is 2. The van der Waals surface area contributed by atoms with E-state index >= 15 is 8.78 Å². The SMILES string of the molecule is C#Cc1c(F)ccc2cc(O)cc(-c3ncc4c(N5CC6CCC(C5)N6)nc(OCC56CCC(COC(=O)N(C)CCC(=O)Nc7cccc8c7C(=O)N(C7CCC(=O)NC7=O)C8=O)N5CC(=C)C6)nc4c3F)c12. The third-order valence-corrected chi connectivity index (χ3v) is 15.2. The second kappa shape index (κ2) is 18.8. The molecule has 5 aromatic rings. The van der Waals surface area contributed by atoms with Crippen LogP contribution in [0, 0.1) is 24.0 Å². The van der Waals surface area contributed by atoms with Crippen LogP contribution in [0.3, 0.4) is 0 Å². The van der Waals surface area contributed by atoms with Gasteiger partial charge in [-0.15, -0.1) is 6.42 Å². The first-order chi connectivity index (χ1) is 35.6. The summed E-state index contributed by atoms with van der Waals surface area (Å²) in [5.74, 6) is -2.14. The number of carbonyl (C=O) groups is 6. The monoisotopic (exact) mass is 1010 g/mol. The van der Waals surface area contributed by atoms with E-state index in [2.05, 4.69) is 48.2 Å². The molecular formula is C53H50F2N10O9. The smallest absolute Gasteiger partial charge is 0.409 e. The van der Waals surface area contributed by atoms with Crippen molar-refractivity contribution in [2.75, 3.05) is 56.7 Å². The first-order valence-electron chi connectivity index (χ1n) is 24.5. The third-order valence-electron chi connectivity index (χ3n) is 15.2. The first kappa shape index (κ1) is 48.2. The average molecular weight is 1010 g/mol.